The van der Waals surface area contributed by atoms with Gasteiger partial charge in [-0.05, 0) is 26.0 Å². The van der Waals surface area contributed by atoms with E-state index in [1.54, 1.807) is 13.1 Å². The summed E-state index contributed by atoms with van der Waals surface area (Å²) in [4.78, 5) is 4.31. The molecule has 2 aromatic heterocycles. The average Bonchev–Trinajstić information content (AvgIpc) is 2.58. The molecule has 2 aromatic rings. The van der Waals surface area contributed by atoms with Crippen molar-refractivity contribution in [2.75, 3.05) is 0 Å². The monoisotopic (exact) mass is 249 g/mol. The molecule has 0 aliphatic heterocycles. The summed E-state index contributed by atoms with van der Waals surface area (Å²) in [5.74, 6) is 0. The van der Waals surface area contributed by atoms with Crippen LogP contribution >= 0.6 is 11.8 Å². The minimum Gasteiger partial charge on any atom is -0.389 e. The van der Waals surface area contributed by atoms with Crippen molar-refractivity contribution < 1.29 is 5.11 Å². The van der Waals surface area contributed by atoms with Gasteiger partial charge in [-0.1, -0.05) is 17.8 Å². The van der Waals surface area contributed by atoms with Gasteiger partial charge in [0, 0.05) is 18.8 Å². The molecule has 17 heavy (non-hydrogen) atoms. The first-order valence-corrected chi connectivity index (χ1v) is 6.21. The van der Waals surface area contributed by atoms with E-state index in [1.807, 2.05) is 36.9 Å². The summed E-state index contributed by atoms with van der Waals surface area (Å²) in [6, 6.07) is 5.73. The molecule has 4 nitrogen and oxygen atoms in total. The van der Waals surface area contributed by atoms with Crippen molar-refractivity contribution in [1.82, 2.24) is 14.8 Å². The van der Waals surface area contributed by atoms with E-state index in [0.717, 1.165) is 21.3 Å². The first-order valence-electron chi connectivity index (χ1n) is 5.39. The summed E-state index contributed by atoms with van der Waals surface area (Å²) in [5, 5.41) is 15.8. The Balaban J connectivity index is 2.33. The maximum absolute atomic E-state index is 9.68. The Morgan fingerprint density at radius 3 is 2.82 bits per heavy atom. The van der Waals surface area contributed by atoms with Gasteiger partial charge in [-0.25, -0.2) is 4.98 Å². The highest BCUT2D eigenvalue weighted by atomic mass is 32.2. The van der Waals surface area contributed by atoms with Crippen LogP contribution in [0.25, 0.3) is 0 Å². The summed E-state index contributed by atoms with van der Waals surface area (Å²) in [7, 11) is 1.90. The molecule has 1 N–H and O–H groups in total. The zero-order valence-electron chi connectivity index (χ0n) is 10.1. The third-order valence-electron chi connectivity index (χ3n) is 2.41. The molecular formula is C12H15N3OS. The molecular weight excluding hydrogens is 234 g/mol. The zero-order valence-corrected chi connectivity index (χ0v) is 10.9. The summed E-state index contributed by atoms with van der Waals surface area (Å²) in [5.41, 5.74) is 1.82. The second kappa shape index (κ2) is 4.89. The van der Waals surface area contributed by atoms with E-state index in [1.165, 1.54) is 11.8 Å². The molecule has 0 saturated heterocycles. The van der Waals surface area contributed by atoms with E-state index in [9.17, 15) is 5.11 Å². The highest BCUT2D eigenvalue weighted by molar-refractivity contribution is 7.99. The van der Waals surface area contributed by atoms with Crippen LogP contribution in [0.4, 0.5) is 0 Å². The molecule has 90 valence electrons. The first kappa shape index (κ1) is 12.1. The number of aliphatic hydroxyl groups excluding tert-OH is 1. The standard InChI is InChI=1S/C12H15N3OS/c1-8-7-11(15(3)14-8)17-12-10(9(2)16)5-4-6-13-12/h4-7,9,16H,1-3H3/t9-/m0/s1. The van der Waals surface area contributed by atoms with Gasteiger partial charge in [0.05, 0.1) is 11.8 Å². The normalized spacial score (nSPS) is 12.7. The molecule has 2 heterocycles. The van der Waals surface area contributed by atoms with Crippen LogP contribution in [0.5, 0.6) is 0 Å². The minimum atomic E-state index is -0.513. The number of hydrogen-bond donors (Lipinski definition) is 1. The van der Waals surface area contributed by atoms with Crippen LogP contribution in [0.1, 0.15) is 24.3 Å². The molecule has 0 aliphatic rings. The van der Waals surface area contributed by atoms with Crippen molar-refractivity contribution >= 4 is 11.8 Å². The van der Waals surface area contributed by atoms with Gasteiger partial charge in [-0.15, -0.1) is 0 Å². The van der Waals surface area contributed by atoms with E-state index in [2.05, 4.69) is 10.1 Å². The van der Waals surface area contributed by atoms with Gasteiger partial charge >= 0.3 is 0 Å². The number of pyridine rings is 1. The van der Waals surface area contributed by atoms with Crippen LogP contribution in [0, 0.1) is 6.92 Å². The fraction of sp³-hybridized carbons (Fsp3) is 0.333. The van der Waals surface area contributed by atoms with Crippen LogP contribution in [0.2, 0.25) is 0 Å². The minimum absolute atomic E-state index is 0.513. The van der Waals surface area contributed by atoms with Crippen molar-refractivity contribution in [2.24, 2.45) is 7.05 Å². The number of nitrogens with zero attached hydrogens (tertiary/aromatic N) is 3. The predicted molar refractivity (Wildman–Crippen MR) is 66.9 cm³/mol. The third kappa shape index (κ3) is 2.68. The lowest BCUT2D eigenvalue weighted by Crippen LogP contribution is -1.98. The van der Waals surface area contributed by atoms with Crippen LogP contribution < -0.4 is 0 Å². The van der Waals surface area contributed by atoms with Gasteiger partial charge in [0.15, 0.2) is 0 Å². The number of aryl methyl sites for hydroxylation is 2. The number of hydrogen-bond acceptors (Lipinski definition) is 4. The first-order chi connectivity index (χ1) is 8.08. The van der Waals surface area contributed by atoms with Gasteiger partial charge in [0.25, 0.3) is 0 Å². The maximum atomic E-state index is 9.68. The van der Waals surface area contributed by atoms with E-state index in [0.29, 0.717) is 0 Å². The van der Waals surface area contributed by atoms with Gasteiger partial charge in [-0.3, -0.25) is 4.68 Å². The quantitative estimate of drug-likeness (QED) is 0.907. The van der Waals surface area contributed by atoms with E-state index < -0.39 is 6.10 Å². The molecule has 1 atom stereocenters. The molecule has 0 aliphatic carbocycles. The second-order valence-corrected chi connectivity index (χ2v) is 4.93. The summed E-state index contributed by atoms with van der Waals surface area (Å²) in [6.45, 7) is 3.70. The van der Waals surface area contributed by atoms with E-state index in [-0.39, 0.29) is 0 Å². The topological polar surface area (TPSA) is 50.9 Å². The maximum Gasteiger partial charge on any atom is 0.108 e. The van der Waals surface area contributed by atoms with Crippen LogP contribution in [0.15, 0.2) is 34.4 Å². The molecule has 0 unspecified atom stereocenters. The summed E-state index contributed by atoms with van der Waals surface area (Å²) >= 11 is 1.52. The Hall–Kier alpha value is -1.33. The molecule has 5 heteroatoms. The smallest absolute Gasteiger partial charge is 0.108 e. The molecule has 0 fully saturated rings. The van der Waals surface area contributed by atoms with Crippen molar-refractivity contribution in [3.8, 4) is 0 Å². The van der Waals surface area contributed by atoms with Crippen LogP contribution in [-0.2, 0) is 7.05 Å². The molecule has 2 rings (SSSR count). The Bertz CT molecular complexity index is 522. The largest absolute Gasteiger partial charge is 0.389 e. The molecule has 0 amide bonds. The number of aromatic nitrogens is 3. The molecule has 0 radical (unpaired) electrons. The van der Waals surface area contributed by atoms with E-state index in [4.69, 9.17) is 0 Å². The highest BCUT2D eigenvalue weighted by Gasteiger charge is 2.12. The second-order valence-electron chi connectivity index (χ2n) is 3.92. The Kier molecular flexibility index (Phi) is 3.49. The van der Waals surface area contributed by atoms with Gasteiger partial charge in [0.2, 0.25) is 0 Å². The average molecular weight is 249 g/mol. The fourth-order valence-electron chi connectivity index (χ4n) is 1.59. The van der Waals surface area contributed by atoms with Gasteiger partial charge in [0.1, 0.15) is 10.1 Å². The molecule has 0 bridgehead atoms. The lowest BCUT2D eigenvalue weighted by molar-refractivity contribution is 0.195. The Morgan fingerprint density at radius 2 is 2.24 bits per heavy atom. The molecule has 0 spiro atoms. The summed E-state index contributed by atoms with van der Waals surface area (Å²) in [6.07, 6.45) is 1.22. The lowest BCUT2D eigenvalue weighted by atomic mass is 10.2. The zero-order chi connectivity index (χ0) is 12.4. The highest BCUT2D eigenvalue weighted by Crippen LogP contribution is 2.31. The molecule has 0 aromatic carbocycles. The molecule has 0 saturated carbocycles. The van der Waals surface area contributed by atoms with Crippen molar-refractivity contribution in [3.63, 3.8) is 0 Å². The van der Waals surface area contributed by atoms with E-state index >= 15 is 0 Å². The van der Waals surface area contributed by atoms with Crippen molar-refractivity contribution in [3.05, 3.63) is 35.7 Å². The number of rotatable bonds is 3. The number of aliphatic hydroxyl groups is 1. The SMILES string of the molecule is Cc1cc(Sc2ncccc2[C@H](C)O)n(C)n1. The fourth-order valence-corrected chi connectivity index (χ4v) is 2.66. The summed E-state index contributed by atoms with van der Waals surface area (Å²) < 4.78 is 1.82. The van der Waals surface area contributed by atoms with Gasteiger partial charge < -0.3 is 5.11 Å². The van der Waals surface area contributed by atoms with Gasteiger partial charge in [-0.2, -0.15) is 5.10 Å². The Morgan fingerprint density at radius 1 is 1.47 bits per heavy atom. The van der Waals surface area contributed by atoms with Crippen molar-refractivity contribution in [1.29, 1.82) is 0 Å². The lowest BCUT2D eigenvalue weighted by Gasteiger charge is -2.09. The predicted octanol–water partition coefficient (Wildman–Crippen LogP) is 2.33. The Labute approximate surface area is 105 Å². The third-order valence-corrected chi connectivity index (χ3v) is 3.54. The van der Waals surface area contributed by atoms with Crippen LogP contribution in [0.3, 0.4) is 0 Å². The van der Waals surface area contributed by atoms with Crippen LogP contribution in [-0.4, -0.2) is 19.9 Å². The van der Waals surface area contributed by atoms with Crippen molar-refractivity contribution in [2.45, 2.75) is 30.0 Å².